The van der Waals surface area contributed by atoms with Crippen LogP contribution < -0.4 is 20.9 Å². The first-order valence-corrected chi connectivity index (χ1v) is 13.8. The zero-order chi connectivity index (χ0) is 35.2. The molecule has 1 heterocycles. The van der Waals surface area contributed by atoms with E-state index in [0.29, 0.717) is 6.42 Å². The van der Waals surface area contributed by atoms with Crippen molar-refractivity contribution in [2.24, 2.45) is 5.92 Å². The molecular formula is C27H37F3N8O8. The van der Waals surface area contributed by atoms with Crippen molar-refractivity contribution in [1.29, 1.82) is 0 Å². The Morgan fingerprint density at radius 1 is 0.935 bits per heavy atom. The number of rotatable bonds is 15. The summed E-state index contributed by atoms with van der Waals surface area (Å²) in [4.78, 5) is 73.7. The van der Waals surface area contributed by atoms with E-state index in [-0.39, 0.29) is 24.2 Å². The Labute approximate surface area is 261 Å². The molecule has 46 heavy (non-hydrogen) atoms. The maximum atomic E-state index is 12.9. The lowest BCUT2D eigenvalue weighted by Gasteiger charge is -2.25. The van der Waals surface area contributed by atoms with Gasteiger partial charge in [0.1, 0.15) is 24.7 Å². The van der Waals surface area contributed by atoms with E-state index in [1.54, 1.807) is 32.8 Å². The first kappa shape index (κ1) is 38.9. The van der Waals surface area contributed by atoms with E-state index in [1.165, 1.54) is 6.92 Å². The second kappa shape index (κ2) is 18.0. The minimum atomic E-state index is -5.08. The fourth-order valence-electron chi connectivity index (χ4n) is 3.50. The summed E-state index contributed by atoms with van der Waals surface area (Å²) in [5.74, 6) is -6.38. The minimum absolute atomic E-state index is 0.187. The fourth-order valence-corrected chi connectivity index (χ4v) is 3.50. The number of anilines is 1. The topological polar surface area (TPSA) is 226 Å². The van der Waals surface area contributed by atoms with Crippen molar-refractivity contribution in [2.75, 3.05) is 19.0 Å². The van der Waals surface area contributed by atoms with Gasteiger partial charge in [0.2, 0.25) is 17.7 Å². The molecule has 3 atom stereocenters. The number of amides is 3. The van der Waals surface area contributed by atoms with Gasteiger partial charge in [-0.15, -0.1) is 5.10 Å². The van der Waals surface area contributed by atoms with Gasteiger partial charge in [0.15, 0.2) is 5.78 Å². The van der Waals surface area contributed by atoms with Crippen LogP contribution in [0.3, 0.4) is 0 Å². The molecule has 1 unspecified atom stereocenters. The summed E-state index contributed by atoms with van der Waals surface area (Å²) >= 11 is 0. The number of halogens is 3. The molecule has 2 rings (SSSR count). The normalized spacial score (nSPS) is 12.9. The monoisotopic (exact) mass is 658 g/mol. The standard InChI is InChI=1S/C25H36N8O6.C2HF3O2/c1-15(2)22(28-20(35)12-11-17-9-7-6-8-10-17)24(39)26-16(3)23(38)27-18(13-21(36)37)19(34)14-33-30-25(29-31-33)32(4)5;3-2(4,5)1(6)7/h6-10,15-16,18,22H,11-14H2,1-5H3,(H,26,39)(H,27,38)(H,28,35)(H,36,37);(H,6,7)/t16-,18?,22-;/m0./s1. The number of carbonyl (C=O) groups is 6. The van der Waals surface area contributed by atoms with Crippen LogP contribution in [0.5, 0.6) is 0 Å². The van der Waals surface area contributed by atoms with E-state index in [4.69, 9.17) is 9.90 Å². The number of ketones is 1. The van der Waals surface area contributed by atoms with Gasteiger partial charge in [0.05, 0.1) is 6.42 Å². The molecule has 0 radical (unpaired) electrons. The van der Waals surface area contributed by atoms with E-state index >= 15 is 0 Å². The summed E-state index contributed by atoms with van der Waals surface area (Å²) in [5.41, 5.74) is 0.992. The maximum Gasteiger partial charge on any atom is 0.490 e. The van der Waals surface area contributed by atoms with Crippen molar-refractivity contribution in [3.05, 3.63) is 35.9 Å². The van der Waals surface area contributed by atoms with Crippen molar-refractivity contribution in [3.63, 3.8) is 0 Å². The summed E-state index contributed by atoms with van der Waals surface area (Å²) in [6.45, 7) is 4.50. The Morgan fingerprint density at radius 2 is 1.52 bits per heavy atom. The van der Waals surface area contributed by atoms with Gasteiger partial charge in [0.25, 0.3) is 5.95 Å². The Hall–Kier alpha value is -5.10. The van der Waals surface area contributed by atoms with Gasteiger partial charge < -0.3 is 31.1 Å². The minimum Gasteiger partial charge on any atom is -0.481 e. The van der Waals surface area contributed by atoms with E-state index in [1.807, 2.05) is 30.3 Å². The molecule has 0 aliphatic heterocycles. The fraction of sp³-hybridized carbons (Fsp3) is 0.519. The number of alkyl halides is 3. The summed E-state index contributed by atoms with van der Waals surface area (Å²) in [6.07, 6.45) is -5.06. The number of carbonyl (C=O) groups excluding carboxylic acids is 4. The molecule has 254 valence electrons. The third-order valence-corrected chi connectivity index (χ3v) is 5.97. The number of nitrogens with zero attached hydrogens (tertiary/aromatic N) is 5. The molecule has 0 saturated heterocycles. The summed E-state index contributed by atoms with van der Waals surface area (Å²) in [5, 5.41) is 35.5. The molecule has 0 spiro atoms. The van der Waals surface area contributed by atoms with Crippen LogP contribution in [0, 0.1) is 5.92 Å². The summed E-state index contributed by atoms with van der Waals surface area (Å²) in [7, 11) is 3.37. The number of aliphatic carboxylic acids is 2. The van der Waals surface area contributed by atoms with Gasteiger partial charge in [-0.25, -0.2) is 4.79 Å². The first-order chi connectivity index (χ1) is 21.3. The molecule has 19 heteroatoms. The predicted molar refractivity (Wildman–Crippen MR) is 154 cm³/mol. The molecule has 1 aromatic carbocycles. The quantitative estimate of drug-likeness (QED) is 0.173. The van der Waals surface area contributed by atoms with Crippen molar-refractivity contribution in [3.8, 4) is 0 Å². The number of aromatic nitrogens is 4. The number of benzene rings is 1. The van der Waals surface area contributed by atoms with Crippen LogP contribution in [-0.4, -0.2) is 104 Å². The number of carboxylic acid groups (broad SMARTS) is 2. The molecule has 3 amide bonds. The van der Waals surface area contributed by atoms with Crippen molar-refractivity contribution < 1.29 is 52.2 Å². The molecule has 1 aromatic heterocycles. The maximum absolute atomic E-state index is 12.9. The van der Waals surface area contributed by atoms with Crippen LogP contribution in [0.25, 0.3) is 0 Å². The third-order valence-electron chi connectivity index (χ3n) is 5.97. The van der Waals surface area contributed by atoms with E-state index in [2.05, 4.69) is 31.4 Å². The number of tetrazole rings is 1. The Morgan fingerprint density at radius 3 is 2.00 bits per heavy atom. The Bertz CT molecular complexity index is 1350. The average molecular weight is 659 g/mol. The van der Waals surface area contributed by atoms with Crippen LogP contribution in [0.4, 0.5) is 19.1 Å². The number of nitrogens with one attached hydrogen (secondary N) is 3. The van der Waals surface area contributed by atoms with Crippen molar-refractivity contribution in [2.45, 2.75) is 70.9 Å². The third kappa shape index (κ3) is 14.1. The Kier molecular flexibility index (Phi) is 15.2. The molecule has 2 aromatic rings. The molecule has 0 aliphatic carbocycles. The molecule has 0 saturated carbocycles. The highest BCUT2D eigenvalue weighted by molar-refractivity contribution is 5.95. The summed E-state index contributed by atoms with van der Waals surface area (Å²) < 4.78 is 31.7. The van der Waals surface area contributed by atoms with E-state index in [9.17, 15) is 42.3 Å². The molecule has 0 aliphatic rings. The second-order valence-corrected chi connectivity index (χ2v) is 10.4. The highest BCUT2D eigenvalue weighted by atomic mass is 19.4. The summed E-state index contributed by atoms with van der Waals surface area (Å²) in [6, 6.07) is 6.06. The Balaban J connectivity index is 0.00000135. The van der Waals surface area contributed by atoms with Gasteiger partial charge in [-0.2, -0.15) is 18.0 Å². The number of hydrogen-bond acceptors (Lipinski definition) is 10. The molecular weight excluding hydrogens is 621 g/mol. The SMILES string of the molecule is CC(C)[C@H](NC(=O)CCc1ccccc1)C(=O)N[C@@H](C)C(=O)NC(CC(=O)O)C(=O)Cn1nnc(N(C)C)n1.O=C(O)C(F)(F)F. The molecule has 16 nitrogen and oxygen atoms in total. The smallest absolute Gasteiger partial charge is 0.481 e. The van der Waals surface area contributed by atoms with Gasteiger partial charge in [-0.3, -0.25) is 24.0 Å². The first-order valence-electron chi connectivity index (χ1n) is 13.8. The van der Waals surface area contributed by atoms with Gasteiger partial charge in [-0.05, 0) is 30.0 Å². The average Bonchev–Trinajstić information content (AvgIpc) is 3.43. The van der Waals surface area contributed by atoms with Crippen molar-refractivity contribution in [1.82, 2.24) is 36.2 Å². The number of carboxylic acids is 2. The van der Waals surface area contributed by atoms with E-state index < -0.39 is 66.8 Å². The van der Waals surface area contributed by atoms with Crippen molar-refractivity contribution >= 4 is 41.4 Å². The zero-order valence-corrected chi connectivity index (χ0v) is 25.7. The lowest BCUT2D eigenvalue weighted by Crippen LogP contribution is -2.56. The van der Waals surface area contributed by atoms with Crippen LogP contribution in [0.15, 0.2) is 30.3 Å². The number of Topliss-reactive ketones (excluding diaryl/α,β-unsaturated/α-hetero) is 1. The predicted octanol–water partition coefficient (Wildman–Crippen LogP) is 0.179. The van der Waals surface area contributed by atoms with Crippen LogP contribution in [0.1, 0.15) is 39.2 Å². The van der Waals surface area contributed by atoms with Gasteiger partial charge in [-0.1, -0.05) is 49.3 Å². The highest BCUT2D eigenvalue weighted by Crippen LogP contribution is 2.13. The largest absolute Gasteiger partial charge is 0.490 e. The van der Waals surface area contributed by atoms with Crippen LogP contribution in [-0.2, 0) is 41.7 Å². The molecule has 5 N–H and O–H groups in total. The number of hydrogen-bond donors (Lipinski definition) is 5. The highest BCUT2D eigenvalue weighted by Gasteiger charge is 2.38. The van der Waals surface area contributed by atoms with E-state index in [0.717, 1.165) is 10.4 Å². The van der Waals surface area contributed by atoms with Crippen LogP contribution in [0.2, 0.25) is 0 Å². The second-order valence-electron chi connectivity index (χ2n) is 10.4. The molecule has 0 bridgehead atoms. The van der Waals surface area contributed by atoms with Crippen LogP contribution >= 0.6 is 0 Å². The zero-order valence-electron chi connectivity index (χ0n) is 25.7. The van der Waals surface area contributed by atoms with Gasteiger partial charge in [0, 0.05) is 20.5 Å². The lowest BCUT2D eigenvalue weighted by atomic mass is 10.0. The lowest BCUT2D eigenvalue weighted by molar-refractivity contribution is -0.192. The number of aryl methyl sites for hydroxylation is 1. The van der Waals surface area contributed by atoms with Gasteiger partial charge >= 0.3 is 18.1 Å². The molecule has 0 fully saturated rings.